The predicted molar refractivity (Wildman–Crippen MR) is 142 cm³/mol. The van der Waals surface area contributed by atoms with Crippen LogP contribution in [0.2, 0.25) is 0 Å². The summed E-state index contributed by atoms with van der Waals surface area (Å²) < 4.78 is 9.34. The van der Waals surface area contributed by atoms with Crippen molar-refractivity contribution in [2.75, 3.05) is 19.6 Å². The third kappa shape index (κ3) is 7.67. The van der Waals surface area contributed by atoms with Gasteiger partial charge in [0.2, 0.25) is 11.8 Å². The zero-order valence-electron chi connectivity index (χ0n) is 23.1. The molecule has 2 amide bonds. The Morgan fingerprint density at radius 3 is 2.11 bits per heavy atom. The molecule has 0 aromatic carbocycles. The van der Waals surface area contributed by atoms with Crippen molar-refractivity contribution in [1.29, 1.82) is 0 Å². The number of nitrogens with two attached hydrogens (primary N) is 2. The highest BCUT2D eigenvalue weighted by Gasteiger charge is 2.40. The summed E-state index contributed by atoms with van der Waals surface area (Å²) in [5, 5.41) is 0. The summed E-state index contributed by atoms with van der Waals surface area (Å²) in [5.41, 5.74) is 11.9. The summed E-state index contributed by atoms with van der Waals surface area (Å²) >= 11 is 0. The molecule has 0 aromatic heterocycles. The highest BCUT2D eigenvalue weighted by molar-refractivity contribution is 5.89. The first-order valence-corrected chi connectivity index (χ1v) is 14.9. The van der Waals surface area contributed by atoms with Crippen molar-refractivity contribution in [3.8, 4) is 0 Å². The molecule has 4 rings (SSSR count). The molecule has 0 radical (unpaired) electrons. The molecule has 1 aliphatic heterocycles. The van der Waals surface area contributed by atoms with E-state index in [1.54, 1.807) is 4.90 Å². The normalized spacial score (nSPS) is 32.5. The molecular formula is C29H52N4O2. The monoisotopic (exact) mass is 489 g/mol. The van der Waals surface area contributed by atoms with Crippen LogP contribution in [0.15, 0.2) is 0 Å². The Bertz CT molecular complexity index is 714. The first-order chi connectivity index (χ1) is 17.3. The van der Waals surface area contributed by atoms with E-state index in [0.717, 1.165) is 57.5 Å². The van der Waals surface area contributed by atoms with E-state index in [9.17, 15) is 11.0 Å². The summed E-state index contributed by atoms with van der Waals surface area (Å²) in [6.07, 6.45) is 19.5. The van der Waals surface area contributed by atoms with Crippen LogP contribution < -0.4 is 11.5 Å². The van der Waals surface area contributed by atoms with E-state index in [2.05, 4.69) is 4.90 Å². The molecule has 0 bridgehead atoms. The Balaban J connectivity index is 1.56. The van der Waals surface area contributed by atoms with Gasteiger partial charge in [-0.15, -0.1) is 0 Å². The Labute approximate surface area is 215 Å². The van der Waals surface area contributed by atoms with Gasteiger partial charge in [-0.2, -0.15) is 0 Å². The lowest BCUT2D eigenvalue weighted by Crippen LogP contribution is -2.54. The number of hydrogen-bond donors (Lipinski definition) is 2. The van der Waals surface area contributed by atoms with Crippen LogP contribution in [0, 0.1) is 17.7 Å². The summed E-state index contributed by atoms with van der Waals surface area (Å²) in [7, 11) is 0. The molecule has 3 saturated carbocycles. The van der Waals surface area contributed by atoms with Crippen molar-refractivity contribution < 1.29 is 11.0 Å². The van der Waals surface area contributed by atoms with Crippen LogP contribution in [0.3, 0.4) is 0 Å². The van der Waals surface area contributed by atoms with Gasteiger partial charge in [-0.25, -0.2) is 0 Å². The molecular weight excluding hydrogens is 436 g/mol. The maximum atomic E-state index is 14.2. The van der Waals surface area contributed by atoms with Crippen LogP contribution in [0.5, 0.6) is 0 Å². The maximum Gasteiger partial charge on any atom is 0.240 e. The zero-order valence-corrected chi connectivity index (χ0v) is 22.1. The van der Waals surface area contributed by atoms with Gasteiger partial charge in [-0.1, -0.05) is 51.4 Å². The fourth-order valence-corrected chi connectivity index (χ4v) is 7.32. The van der Waals surface area contributed by atoms with Gasteiger partial charge in [-0.3, -0.25) is 14.5 Å². The van der Waals surface area contributed by atoms with Crippen LogP contribution in [0.4, 0.5) is 0 Å². The van der Waals surface area contributed by atoms with Gasteiger partial charge in [0, 0.05) is 20.5 Å². The van der Waals surface area contributed by atoms with Gasteiger partial charge in [0.15, 0.2) is 0 Å². The van der Waals surface area contributed by atoms with E-state index in [0.29, 0.717) is 25.3 Å². The number of carbonyl (C=O) groups excluding carboxylic acids is 2. The molecule has 4 N–H and O–H groups in total. The van der Waals surface area contributed by atoms with Crippen molar-refractivity contribution in [3.63, 3.8) is 0 Å². The van der Waals surface area contributed by atoms with Crippen molar-refractivity contribution >= 4 is 11.8 Å². The molecule has 200 valence electrons. The van der Waals surface area contributed by atoms with Gasteiger partial charge in [0.05, 0.1) is 6.04 Å². The lowest BCUT2D eigenvalue weighted by molar-refractivity contribution is -0.143. The molecule has 2 atom stereocenters. The number of primary amides is 1. The number of carbonyl (C=O) groups is 2. The Hall–Kier alpha value is -1.14. The van der Waals surface area contributed by atoms with Crippen LogP contribution in [0.1, 0.15) is 117 Å². The van der Waals surface area contributed by atoms with Crippen LogP contribution in [-0.4, -0.2) is 59.4 Å². The fourth-order valence-electron chi connectivity index (χ4n) is 7.32. The molecule has 3 aliphatic carbocycles. The lowest BCUT2D eigenvalue weighted by atomic mass is 9.81. The topological polar surface area (TPSA) is 92.7 Å². The average molecular weight is 490 g/mol. The predicted octanol–water partition coefficient (Wildman–Crippen LogP) is 4.59. The minimum Gasteiger partial charge on any atom is -0.368 e. The number of likely N-dealkylation sites (tertiary alicyclic amines) is 1. The Morgan fingerprint density at radius 2 is 1.49 bits per heavy atom. The Morgan fingerprint density at radius 1 is 0.857 bits per heavy atom. The van der Waals surface area contributed by atoms with Crippen LogP contribution in [0.25, 0.3) is 0 Å². The molecule has 4 fully saturated rings. The highest BCUT2D eigenvalue weighted by atomic mass is 16.2. The van der Waals surface area contributed by atoms with E-state index in [1.807, 2.05) is 0 Å². The first-order valence-electron chi connectivity index (χ1n) is 15.4. The third-order valence-electron chi connectivity index (χ3n) is 9.58. The molecule has 6 nitrogen and oxygen atoms in total. The molecule has 0 spiro atoms. The van der Waals surface area contributed by atoms with Crippen molar-refractivity contribution in [2.45, 2.75) is 134 Å². The Kier molecular flexibility index (Phi) is 9.78. The summed E-state index contributed by atoms with van der Waals surface area (Å²) in [6.45, 7) is 2.49. The standard InChI is InChI=1S/C29H52N4O2/c30-25-15-13-23(14-16-25)20-27(29(35)33-18-7-12-26(33)28(31)34)32(21-24-10-5-2-6-11-24)19-17-22-8-3-1-4-9-22/h22-27H,1-21,30H2,(H2,31,34)/t23?,25?,26-,27-/m0/s1/i23D. The second-order valence-corrected chi connectivity index (χ2v) is 12.2. The fraction of sp³-hybridized carbons (Fsp3) is 0.931. The molecule has 0 unspecified atom stereocenters. The smallest absolute Gasteiger partial charge is 0.240 e. The van der Waals surface area contributed by atoms with Gasteiger partial charge in [-0.05, 0) is 88.5 Å². The number of nitrogens with zero attached hydrogens (tertiary/aromatic N) is 2. The molecule has 0 aromatic rings. The quantitative estimate of drug-likeness (QED) is 0.469. The summed E-state index contributed by atoms with van der Waals surface area (Å²) in [6, 6.07) is -0.640. The van der Waals surface area contributed by atoms with E-state index < -0.39 is 11.9 Å². The molecule has 6 heteroatoms. The molecule has 1 saturated heterocycles. The van der Waals surface area contributed by atoms with Crippen molar-refractivity contribution in [1.82, 2.24) is 9.80 Å². The third-order valence-corrected chi connectivity index (χ3v) is 9.58. The van der Waals surface area contributed by atoms with Crippen molar-refractivity contribution in [2.24, 2.45) is 29.2 Å². The van der Waals surface area contributed by atoms with Crippen LogP contribution >= 0.6 is 0 Å². The van der Waals surface area contributed by atoms with E-state index in [1.165, 1.54) is 64.2 Å². The average Bonchev–Trinajstić information content (AvgIpc) is 3.39. The number of rotatable bonds is 10. The van der Waals surface area contributed by atoms with Gasteiger partial charge < -0.3 is 16.4 Å². The van der Waals surface area contributed by atoms with E-state index >= 15 is 0 Å². The van der Waals surface area contributed by atoms with E-state index in [4.69, 9.17) is 11.5 Å². The second-order valence-electron chi connectivity index (χ2n) is 12.2. The molecule has 35 heavy (non-hydrogen) atoms. The SMILES string of the molecule is [2H]C1(C[C@@H](C(=O)N2CCC[C@H]2C(N)=O)N(CCC2CCCCC2)CC2CCCCC2)CCC(N)CC1. The van der Waals surface area contributed by atoms with Gasteiger partial charge in [0.1, 0.15) is 6.04 Å². The van der Waals surface area contributed by atoms with E-state index in [-0.39, 0.29) is 23.9 Å². The minimum absolute atomic E-state index is 0.0530. The lowest BCUT2D eigenvalue weighted by Gasteiger charge is -2.40. The largest absolute Gasteiger partial charge is 0.368 e. The van der Waals surface area contributed by atoms with Gasteiger partial charge in [0.25, 0.3) is 0 Å². The summed E-state index contributed by atoms with van der Waals surface area (Å²) in [5.74, 6) is 0.439. The minimum atomic E-state index is -0.617. The highest BCUT2D eigenvalue weighted by Crippen LogP contribution is 2.33. The molecule has 4 aliphatic rings. The zero-order chi connectivity index (χ0) is 25.5. The summed E-state index contributed by atoms with van der Waals surface area (Å²) in [4.78, 5) is 30.7. The second kappa shape index (κ2) is 13.4. The number of amides is 2. The van der Waals surface area contributed by atoms with Crippen LogP contribution in [-0.2, 0) is 9.59 Å². The number of hydrogen-bond acceptors (Lipinski definition) is 4. The van der Waals surface area contributed by atoms with Gasteiger partial charge >= 0.3 is 0 Å². The van der Waals surface area contributed by atoms with Crippen molar-refractivity contribution in [3.05, 3.63) is 0 Å². The first kappa shape index (κ1) is 25.5. The molecule has 1 heterocycles. The maximum absolute atomic E-state index is 14.2.